The number of carboxylic acids is 1. The first-order chi connectivity index (χ1) is 24.6. The number of esters is 1. The number of ether oxygens (including phenoxy) is 2. The number of carboxylic acid groups (broad SMARTS) is 1. The number of aliphatic hydroxyl groups is 1. The van der Waals surface area contributed by atoms with Gasteiger partial charge in [0.15, 0.2) is 5.60 Å². The maximum absolute atomic E-state index is 15.4. The zero-order valence-electron chi connectivity index (χ0n) is 29.6. The van der Waals surface area contributed by atoms with Crippen molar-refractivity contribution in [3.63, 3.8) is 0 Å². The predicted octanol–water partition coefficient (Wildman–Crippen LogP) is 3.81. The molecule has 276 valence electrons. The van der Waals surface area contributed by atoms with Crippen LogP contribution in [-0.2, 0) is 54.6 Å². The van der Waals surface area contributed by atoms with Crippen molar-refractivity contribution in [1.29, 1.82) is 0 Å². The molecule has 5 atom stereocenters. The number of nitrogens with zero attached hydrogens (tertiary/aromatic N) is 1. The molecule has 5 N–H and O–H groups in total. The molecule has 14 heteroatoms. The Morgan fingerprint density at radius 2 is 1.92 bits per heavy atom. The Morgan fingerprint density at radius 1 is 1.15 bits per heavy atom. The van der Waals surface area contributed by atoms with Gasteiger partial charge in [-0.05, 0) is 99.3 Å². The SMILES string of the molecule is CC[C@@]1(O)C(=O)OCc2c1cc1n(c2=O)CC2=C3c4c(cc(F)c(C)c4CC[C@@H]3NC(=O)O[C@H]3/C=C/CC[C@@](C)(C(=O)NCC(=O)O)CC3)NC21C. The Kier molecular flexibility index (Phi) is 8.59. The number of halogens is 1. The number of carbonyl (C=O) groups is 4. The Labute approximate surface area is 299 Å². The molecule has 1 aromatic carbocycles. The fourth-order valence-corrected chi connectivity index (χ4v) is 8.68. The number of aliphatic carboxylic acids is 1. The molecular formula is C38H43FN4O9. The number of cyclic esters (lactones) is 1. The molecule has 1 aromatic heterocycles. The highest BCUT2D eigenvalue weighted by Crippen LogP contribution is 2.53. The number of allylic oxidation sites excluding steroid dienone is 1. The van der Waals surface area contributed by atoms with E-state index in [1.165, 1.54) is 6.07 Å². The molecule has 0 bridgehead atoms. The number of pyridine rings is 1. The van der Waals surface area contributed by atoms with Crippen molar-refractivity contribution in [2.24, 2.45) is 5.41 Å². The first-order valence-electron chi connectivity index (χ1n) is 17.8. The molecule has 0 radical (unpaired) electrons. The van der Waals surface area contributed by atoms with Crippen molar-refractivity contribution >= 4 is 35.2 Å². The van der Waals surface area contributed by atoms with Gasteiger partial charge in [0.1, 0.15) is 25.1 Å². The highest BCUT2D eigenvalue weighted by Gasteiger charge is 2.52. The van der Waals surface area contributed by atoms with E-state index in [-0.39, 0.29) is 42.4 Å². The minimum atomic E-state index is -2.00. The molecule has 52 heavy (non-hydrogen) atoms. The van der Waals surface area contributed by atoms with Crippen molar-refractivity contribution in [3.8, 4) is 0 Å². The summed E-state index contributed by atoms with van der Waals surface area (Å²) in [7, 11) is 0. The van der Waals surface area contributed by atoms with Crippen LogP contribution >= 0.6 is 0 Å². The van der Waals surface area contributed by atoms with Gasteiger partial charge in [-0.2, -0.15) is 0 Å². The van der Waals surface area contributed by atoms with E-state index >= 15 is 4.39 Å². The summed E-state index contributed by atoms with van der Waals surface area (Å²) in [6.07, 6.45) is 4.99. The van der Waals surface area contributed by atoms with Gasteiger partial charge < -0.3 is 40.2 Å². The molecule has 0 spiro atoms. The molecule has 0 saturated carbocycles. The van der Waals surface area contributed by atoms with Crippen LogP contribution in [-0.4, -0.2) is 57.4 Å². The van der Waals surface area contributed by atoms with Crippen LogP contribution in [0.5, 0.6) is 0 Å². The van der Waals surface area contributed by atoms with Crippen LogP contribution in [0.1, 0.15) is 92.8 Å². The number of nitrogens with one attached hydrogen (secondary N) is 3. The van der Waals surface area contributed by atoms with Gasteiger partial charge in [-0.3, -0.25) is 14.4 Å². The largest absolute Gasteiger partial charge is 0.480 e. The number of hydrogen-bond acceptors (Lipinski definition) is 9. The van der Waals surface area contributed by atoms with Crippen LogP contribution in [0.15, 0.2) is 34.7 Å². The standard InChI is InChI=1S/C38H43FN4O9/c1-5-38(50)23-14-28-37(4)24(17-43(28)32(46)22(23)18-51-34(38)48)31-26(10-9-21-19(2)25(39)15-27(42-37)30(21)31)41-35(49)52-20-8-6-7-12-36(3,13-11-20)33(47)40-16-29(44)45/h6,8,14-15,20,26,42,50H,5,7,9-13,16-18H2,1-4H3,(H,40,47)(H,41,49)(H,44,45)/b8-6+/t20-,26-,36+,37?,38-/m0/s1. The van der Waals surface area contributed by atoms with E-state index in [0.717, 1.165) is 22.3 Å². The number of carbonyl (C=O) groups excluding carboxylic acids is 3. The first-order valence-corrected chi connectivity index (χ1v) is 17.8. The van der Waals surface area contributed by atoms with Gasteiger partial charge in [-0.15, -0.1) is 0 Å². The van der Waals surface area contributed by atoms with Gasteiger partial charge in [-0.1, -0.05) is 19.9 Å². The van der Waals surface area contributed by atoms with Crippen LogP contribution in [0.2, 0.25) is 0 Å². The van der Waals surface area contributed by atoms with E-state index in [4.69, 9.17) is 14.6 Å². The molecular weight excluding hydrogens is 675 g/mol. The molecule has 2 aromatic rings. The lowest BCUT2D eigenvalue weighted by molar-refractivity contribution is -0.172. The van der Waals surface area contributed by atoms with E-state index < -0.39 is 58.8 Å². The number of amides is 2. The maximum Gasteiger partial charge on any atom is 0.408 e. The molecule has 0 fully saturated rings. The van der Waals surface area contributed by atoms with E-state index in [1.807, 2.05) is 13.0 Å². The number of aromatic nitrogens is 1. The molecule has 3 aliphatic heterocycles. The molecule has 5 aliphatic rings. The van der Waals surface area contributed by atoms with Crippen LogP contribution in [0.3, 0.4) is 0 Å². The smallest absolute Gasteiger partial charge is 0.408 e. The maximum atomic E-state index is 15.4. The fourth-order valence-electron chi connectivity index (χ4n) is 8.68. The second-order valence-corrected chi connectivity index (χ2v) is 15.0. The lowest BCUT2D eigenvalue weighted by atomic mass is 9.71. The number of rotatable bonds is 6. The number of fused-ring (bicyclic) bond motifs is 4. The second kappa shape index (κ2) is 12.6. The minimum Gasteiger partial charge on any atom is -0.480 e. The van der Waals surface area contributed by atoms with Gasteiger partial charge in [0, 0.05) is 22.2 Å². The van der Waals surface area contributed by atoms with Gasteiger partial charge in [-0.25, -0.2) is 14.0 Å². The molecule has 4 heterocycles. The lowest BCUT2D eigenvalue weighted by Crippen LogP contribution is -2.46. The summed E-state index contributed by atoms with van der Waals surface area (Å²) in [5.74, 6) is -2.71. The van der Waals surface area contributed by atoms with Crippen molar-refractivity contribution in [1.82, 2.24) is 15.2 Å². The quantitative estimate of drug-likeness (QED) is 0.217. The number of alkyl carbamates (subject to hydrolysis) is 1. The lowest BCUT2D eigenvalue weighted by Gasteiger charge is -2.42. The first kappa shape index (κ1) is 35.4. The van der Waals surface area contributed by atoms with Gasteiger partial charge in [0.2, 0.25) is 5.91 Å². The highest BCUT2D eigenvalue weighted by molar-refractivity contribution is 5.92. The molecule has 2 aliphatic carbocycles. The predicted molar refractivity (Wildman–Crippen MR) is 186 cm³/mol. The van der Waals surface area contributed by atoms with Crippen molar-refractivity contribution in [2.75, 3.05) is 11.9 Å². The minimum absolute atomic E-state index is 0.00204. The van der Waals surface area contributed by atoms with Crippen molar-refractivity contribution < 1.29 is 43.3 Å². The van der Waals surface area contributed by atoms with Crippen LogP contribution in [0.4, 0.5) is 14.9 Å². The van der Waals surface area contributed by atoms with E-state index in [2.05, 4.69) is 16.0 Å². The number of anilines is 1. The van der Waals surface area contributed by atoms with Gasteiger partial charge in [0.05, 0.1) is 29.4 Å². The molecule has 13 nitrogen and oxygen atoms in total. The average molecular weight is 719 g/mol. The zero-order chi connectivity index (χ0) is 37.3. The van der Waals surface area contributed by atoms with Crippen molar-refractivity contribution in [3.05, 3.63) is 79.5 Å². The van der Waals surface area contributed by atoms with Crippen molar-refractivity contribution in [2.45, 2.75) is 109 Å². The summed E-state index contributed by atoms with van der Waals surface area (Å²) in [6, 6.07) is 2.54. The normalized spacial score (nSPS) is 29.2. The zero-order valence-corrected chi connectivity index (χ0v) is 29.6. The van der Waals surface area contributed by atoms with Crippen LogP contribution in [0, 0.1) is 18.2 Å². The summed E-state index contributed by atoms with van der Waals surface area (Å²) in [5.41, 5.74) is 0.716. The molecule has 7 rings (SSSR count). The third kappa shape index (κ3) is 5.49. The summed E-state index contributed by atoms with van der Waals surface area (Å²) in [4.78, 5) is 64.4. The summed E-state index contributed by atoms with van der Waals surface area (Å²) >= 11 is 0. The monoisotopic (exact) mass is 718 g/mol. The second-order valence-electron chi connectivity index (χ2n) is 15.0. The summed E-state index contributed by atoms with van der Waals surface area (Å²) in [6.45, 7) is 6.42. The fraction of sp³-hybridized carbons (Fsp3) is 0.500. The molecule has 1 unspecified atom stereocenters. The summed E-state index contributed by atoms with van der Waals surface area (Å²) in [5, 5.41) is 29.4. The average Bonchev–Trinajstić information content (AvgIpc) is 3.40. The van der Waals surface area contributed by atoms with Crippen LogP contribution < -0.4 is 21.5 Å². The summed E-state index contributed by atoms with van der Waals surface area (Å²) < 4.78 is 28.2. The van der Waals surface area contributed by atoms with Gasteiger partial charge >= 0.3 is 18.0 Å². The number of hydrogen-bond donors (Lipinski definition) is 5. The van der Waals surface area contributed by atoms with Gasteiger partial charge in [0.25, 0.3) is 5.56 Å². The van der Waals surface area contributed by atoms with E-state index in [0.29, 0.717) is 55.5 Å². The topological polar surface area (TPSA) is 185 Å². The Hall–Kier alpha value is -4.98. The third-order valence-electron chi connectivity index (χ3n) is 11.8. The van der Waals surface area contributed by atoms with E-state index in [9.17, 15) is 29.1 Å². The Balaban J connectivity index is 1.22. The number of benzene rings is 1. The molecule has 0 saturated heterocycles. The van der Waals surface area contributed by atoms with Crippen LogP contribution in [0.25, 0.3) is 5.57 Å². The highest BCUT2D eigenvalue weighted by atomic mass is 19.1. The molecule has 2 amide bonds. The Bertz CT molecular complexity index is 2060. The Morgan fingerprint density at radius 3 is 2.65 bits per heavy atom. The van der Waals surface area contributed by atoms with E-state index in [1.54, 1.807) is 37.5 Å². The third-order valence-corrected chi connectivity index (χ3v) is 11.8.